The van der Waals surface area contributed by atoms with E-state index in [1.807, 2.05) is 0 Å². The van der Waals surface area contributed by atoms with Gasteiger partial charge in [-0.3, -0.25) is 19.1 Å². The fraction of sp³-hybridized carbons (Fsp3) is 0.300. The number of aromatic nitrogens is 4. The lowest BCUT2D eigenvalue weighted by Gasteiger charge is -2.03. The average molecular weight is 234 g/mol. The standard InChI is InChI=1S/C10H10N4O3/c1-5(15)3-6-7-8(12-4-11-6)13-10(17)14(2)9(7)16/h4H,3H2,1-2H3,(H,11,12,13,17). The van der Waals surface area contributed by atoms with Gasteiger partial charge in [-0.15, -0.1) is 0 Å². The van der Waals surface area contributed by atoms with Crippen LogP contribution in [0.1, 0.15) is 12.6 Å². The van der Waals surface area contributed by atoms with Crippen molar-refractivity contribution < 1.29 is 4.79 Å². The zero-order chi connectivity index (χ0) is 12.6. The van der Waals surface area contributed by atoms with Crippen LogP contribution < -0.4 is 11.2 Å². The molecular weight excluding hydrogens is 224 g/mol. The van der Waals surface area contributed by atoms with Gasteiger partial charge < -0.3 is 0 Å². The number of carbonyl (C=O) groups excluding carboxylic acids is 1. The smallest absolute Gasteiger partial charge is 0.300 e. The van der Waals surface area contributed by atoms with Gasteiger partial charge in [-0.05, 0) is 6.92 Å². The number of hydrogen-bond acceptors (Lipinski definition) is 5. The van der Waals surface area contributed by atoms with Gasteiger partial charge in [0.2, 0.25) is 0 Å². The van der Waals surface area contributed by atoms with Gasteiger partial charge in [0, 0.05) is 13.5 Å². The molecule has 0 radical (unpaired) electrons. The molecule has 2 aromatic rings. The van der Waals surface area contributed by atoms with Gasteiger partial charge in [0.15, 0.2) is 5.65 Å². The minimum Gasteiger partial charge on any atom is -0.300 e. The predicted molar refractivity (Wildman–Crippen MR) is 59.8 cm³/mol. The van der Waals surface area contributed by atoms with Crippen molar-refractivity contribution in [2.24, 2.45) is 7.05 Å². The van der Waals surface area contributed by atoms with Crippen LogP contribution >= 0.6 is 0 Å². The van der Waals surface area contributed by atoms with Crippen LogP contribution in [0.4, 0.5) is 0 Å². The molecule has 7 nitrogen and oxygen atoms in total. The molecule has 0 amide bonds. The molecule has 2 rings (SSSR count). The predicted octanol–water partition coefficient (Wildman–Crippen LogP) is -0.852. The van der Waals surface area contributed by atoms with Crippen molar-refractivity contribution in [2.75, 3.05) is 0 Å². The van der Waals surface area contributed by atoms with Gasteiger partial charge in [-0.2, -0.15) is 0 Å². The van der Waals surface area contributed by atoms with Crippen LogP contribution in [-0.2, 0) is 18.3 Å². The summed E-state index contributed by atoms with van der Waals surface area (Å²) in [4.78, 5) is 44.5. The Morgan fingerprint density at radius 3 is 2.76 bits per heavy atom. The third kappa shape index (κ3) is 1.86. The molecule has 0 aliphatic carbocycles. The summed E-state index contributed by atoms with van der Waals surface area (Å²) in [6.45, 7) is 1.41. The second-order valence-electron chi connectivity index (χ2n) is 3.72. The van der Waals surface area contributed by atoms with Crippen LogP contribution in [0.15, 0.2) is 15.9 Å². The van der Waals surface area contributed by atoms with Crippen LogP contribution in [0, 0.1) is 0 Å². The SMILES string of the molecule is CC(=O)Cc1ncnc2[nH]c(=O)n(C)c(=O)c12. The summed E-state index contributed by atoms with van der Waals surface area (Å²) in [5, 5.41) is 0.185. The van der Waals surface area contributed by atoms with Gasteiger partial charge in [-0.25, -0.2) is 14.8 Å². The van der Waals surface area contributed by atoms with E-state index in [9.17, 15) is 14.4 Å². The molecule has 0 fully saturated rings. The Labute approximate surface area is 95.1 Å². The number of nitrogens with zero attached hydrogens (tertiary/aromatic N) is 3. The summed E-state index contributed by atoms with van der Waals surface area (Å²) in [5.74, 6) is -0.113. The molecule has 0 bridgehead atoms. The Morgan fingerprint density at radius 1 is 1.41 bits per heavy atom. The summed E-state index contributed by atoms with van der Waals surface area (Å²) in [6, 6.07) is 0. The van der Waals surface area contributed by atoms with E-state index in [4.69, 9.17) is 0 Å². The molecule has 17 heavy (non-hydrogen) atoms. The van der Waals surface area contributed by atoms with E-state index in [-0.39, 0.29) is 23.2 Å². The molecule has 0 atom stereocenters. The van der Waals surface area contributed by atoms with Gasteiger partial charge in [0.25, 0.3) is 5.56 Å². The van der Waals surface area contributed by atoms with Gasteiger partial charge in [-0.1, -0.05) is 0 Å². The van der Waals surface area contributed by atoms with Crippen LogP contribution in [0.5, 0.6) is 0 Å². The molecule has 0 aromatic carbocycles. The summed E-state index contributed by atoms with van der Waals surface area (Å²) < 4.78 is 0.926. The first-order valence-electron chi connectivity index (χ1n) is 4.93. The highest BCUT2D eigenvalue weighted by atomic mass is 16.2. The Kier molecular flexibility index (Phi) is 2.58. The highest BCUT2D eigenvalue weighted by Crippen LogP contribution is 2.06. The Morgan fingerprint density at radius 2 is 2.12 bits per heavy atom. The monoisotopic (exact) mass is 234 g/mol. The first kappa shape index (κ1) is 11.2. The second-order valence-corrected chi connectivity index (χ2v) is 3.72. The maximum atomic E-state index is 11.9. The number of fused-ring (bicyclic) bond motifs is 1. The van der Waals surface area contributed by atoms with Crippen molar-refractivity contribution in [1.29, 1.82) is 0 Å². The quantitative estimate of drug-likeness (QED) is 0.729. The molecule has 88 valence electrons. The van der Waals surface area contributed by atoms with E-state index >= 15 is 0 Å². The fourth-order valence-corrected chi connectivity index (χ4v) is 1.56. The molecule has 2 heterocycles. The van der Waals surface area contributed by atoms with E-state index in [0.29, 0.717) is 5.69 Å². The molecule has 0 saturated heterocycles. The minimum absolute atomic E-state index is 0.0420. The average Bonchev–Trinajstić information content (AvgIpc) is 2.25. The van der Waals surface area contributed by atoms with Crippen LogP contribution in [-0.4, -0.2) is 25.3 Å². The fourth-order valence-electron chi connectivity index (χ4n) is 1.56. The van der Waals surface area contributed by atoms with Crippen LogP contribution in [0.3, 0.4) is 0 Å². The number of aromatic amines is 1. The Bertz CT molecular complexity index is 714. The first-order valence-corrected chi connectivity index (χ1v) is 4.93. The molecule has 2 aromatic heterocycles. The third-order valence-electron chi connectivity index (χ3n) is 2.39. The van der Waals surface area contributed by atoms with Crippen LogP contribution in [0.25, 0.3) is 11.0 Å². The van der Waals surface area contributed by atoms with Crippen LogP contribution in [0.2, 0.25) is 0 Å². The molecular formula is C10H10N4O3. The number of ketones is 1. The lowest BCUT2D eigenvalue weighted by Crippen LogP contribution is -2.33. The molecule has 7 heteroatoms. The van der Waals surface area contributed by atoms with E-state index < -0.39 is 11.2 Å². The van der Waals surface area contributed by atoms with Gasteiger partial charge >= 0.3 is 5.69 Å². The maximum Gasteiger partial charge on any atom is 0.329 e. The maximum absolute atomic E-state index is 11.9. The van der Waals surface area contributed by atoms with Crippen molar-refractivity contribution in [3.8, 4) is 0 Å². The second kappa shape index (κ2) is 3.93. The molecule has 0 saturated carbocycles. The van der Waals surface area contributed by atoms with Crippen molar-refractivity contribution >= 4 is 16.8 Å². The normalized spacial score (nSPS) is 10.7. The zero-order valence-electron chi connectivity index (χ0n) is 9.35. The number of nitrogens with one attached hydrogen (secondary N) is 1. The van der Waals surface area contributed by atoms with Gasteiger partial charge in [0.1, 0.15) is 17.5 Å². The van der Waals surface area contributed by atoms with E-state index in [1.54, 1.807) is 0 Å². The zero-order valence-corrected chi connectivity index (χ0v) is 9.35. The van der Waals surface area contributed by atoms with Crippen molar-refractivity contribution in [3.05, 3.63) is 32.9 Å². The molecule has 0 aliphatic heterocycles. The van der Waals surface area contributed by atoms with E-state index in [1.165, 1.54) is 20.3 Å². The number of rotatable bonds is 2. The molecule has 0 unspecified atom stereocenters. The number of carbonyl (C=O) groups is 1. The van der Waals surface area contributed by atoms with Crippen molar-refractivity contribution in [1.82, 2.24) is 19.5 Å². The molecule has 1 N–H and O–H groups in total. The van der Waals surface area contributed by atoms with Crippen molar-refractivity contribution in [3.63, 3.8) is 0 Å². The Balaban J connectivity index is 2.89. The number of Topliss-reactive ketones (excluding diaryl/α,β-unsaturated/α-hetero) is 1. The largest absolute Gasteiger partial charge is 0.329 e. The Hall–Kier alpha value is -2.31. The molecule has 0 aliphatic rings. The summed E-state index contributed by atoms with van der Waals surface area (Å²) in [5.41, 5.74) is -0.556. The minimum atomic E-state index is -0.546. The summed E-state index contributed by atoms with van der Waals surface area (Å²) in [6.07, 6.45) is 1.26. The highest BCUT2D eigenvalue weighted by molar-refractivity contribution is 5.84. The lowest BCUT2D eigenvalue weighted by atomic mass is 10.2. The molecule has 0 spiro atoms. The summed E-state index contributed by atoms with van der Waals surface area (Å²) in [7, 11) is 1.35. The number of H-pyrrole nitrogens is 1. The summed E-state index contributed by atoms with van der Waals surface area (Å²) >= 11 is 0. The lowest BCUT2D eigenvalue weighted by molar-refractivity contribution is -0.116. The third-order valence-corrected chi connectivity index (χ3v) is 2.39. The van der Waals surface area contributed by atoms with E-state index in [2.05, 4.69) is 15.0 Å². The van der Waals surface area contributed by atoms with Gasteiger partial charge in [0.05, 0.1) is 5.69 Å². The van der Waals surface area contributed by atoms with E-state index in [0.717, 1.165) is 4.57 Å². The van der Waals surface area contributed by atoms with Crippen molar-refractivity contribution in [2.45, 2.75) is 13.3 Å². The highest BCUT2D eigenvalue weighted by Gasteiger charge is 2.12. The first-order chi connectivity index (χ1) is 8.00. The number of hydrogen-bond donors (Lipinski definition) is 1. The topological polar surface area (TPSA) is 97.7 Å².